The van der Waals surface area contributed by atoms with E-state index in [1.54, 1.807) is 23.1 Å². The lowest BCUT2D eigenvalue weighted by Crippen LogP contribution is -1.79. The zero-order chi connectivity index (χ0) is 13.5. The maximum absolute atomic E-state index is 8.67. The van der Waals surface area contributed by atoms with Crippen LogP contribution in [0.5, 0.6) is 0 Å². The second-order valence-electron chi connectivity index (χ2n) is 3.64. The fourth-order valence-corrected chi connectivity index (χ4v) is 3.32. The Hall–Kier alpha value is -0.800. The molecule has 98 valence electrons. The number of aliphatic hydroxyl groups excluding tert-OH is 1. The van der Waals surface area contributed by atoms with Gasteiger partial charge in [-0.2, -0.15) is 0 Å². The second kappa shape index (κ2) is 7.71. The molecule has 0 aliphatic carbocycles. The van der Waals surface area contributed by atoms with Crippen LogP contribution in [0.3, 0.4) is 0 Å². The first kappa shape index (κ1) is 14.6. The van der Waals surface area contributed by atoms with Crippen LogP contribution >= 0.6 is 39.0 Å². The van der Waals surface area contributed by atoms with Gasteiger partial charge in [0.05, 0.1) is 16.5 Å². The van der Waals surface area contributed by atoms with Crippen molar-refractivity contribution in [3.63, 3.8) is 0 Å². The molecule has 0 amide bonds. The first-order valence-electron chi connectivity index (χ1n) is 5.71. The van der Waals surface area contributed by atoms with Crippen LogP contribution < -0.4 is 0 Å². The Morgan fingerprint density at radius 1 is 1.32 bits per heavy atom. The first-order chi connectivity index (χ1) is 9.28. The monoisotopic (exact) mass is 353 g/mol. The Morgan fingerprint density at radius 3 is 2.95 bits per heavy atom. The summed E-state index contributed by atoms with van der Waals surface area (Å²) in [5.41, 5.74) is 0. The fraction of sp³-hybridized carbons (Fsp3) is 0.214. The van der Waals surface area contributed by atoms with Crippen LogP contribution in [0, 0.1) is 11.8 Å². The van der Waals surface area contributed by atoms with Crippen LogP contribution in [-0.2, 0) is 5.75 Å². The number of hydrogen-bond donors (Lipinski definition) is 1. The molecule has 0 fully saturated rings. The predicted molar refractivity (Wildman–Crippen MR) is 84.4 cm³/mol. The Bertz CT molecular complexity index is 583. The minimum absolute atomic E-state index is 0.121. The lowest BCUT2D eigenvalue weighted by Gasteiger charge is -1.98. The van der Waals surface area contributed by atoms with E-state index in [2.05, 4.69) is 38.8 Å². The maximum atomic E-state index is 8.67. The number of halogens is 1. The molecule has 19 heavy (non-hydrogen) atoms. The summed E-state index contributed by atoms with van der Waals surface area (Å²) in [5.74, 6) is 6.88. The zero-order valence-electron chi connectivity index (χ0n) is 10.1. The molecule has 0 saturated carbocycles. The highest BCUT2D eigenvalue weighted by molar-refractivity contribution is 9.10. The van der Waals surface area contributed by atoms with Crippen molar-refractivity contribution in [3.05, 3.63) is 44.7 Å². The van der Waals surface area contributed by atoms with E-state index in [1.807, 2.05) is 24.4 Å². The number of rotatable bonds is 4. The van der Waals surface area contributed by atoms with E-state index in [1.165, 1.54) is 4.88 Å². The summed E-state index contributed by atoms with van der Waals surface area (Å²) >= 11 is 6.78. The van der Waals surface area contributed by atoms with Crippen LogP contribution in [0.2, 0.25) is 0 Å². The molecule has 0 unspecified atom stereocenters. The van der Waals surface area contributed by atoms with E-state index in [0.29, 0.717) is 6.42 Å². The number of thioether (sulfide) groups is 1. The molecule has 0 saturated heterocycles. The largest absolute Gasteiger partial charge is 0.395 e. The topological polar surface area (TPSA) is 33.1 Å². The van der Waals surface area contributed by atoms with Crippen molar-refractivity contribution in [2.45, 2.75) is 17.2 Å². The summed E-state index contributed by atoms with van der Waals surface area (Å²) in [7, 11) is 0. The molecule has 0 aliphatic heterocycles. The number of aliphatic hydroxyl groups is 1. The summed E-state index contributed by atoms with van der Waals surface area (Å²) in [6.07, 6.45) is 2.34. The van der Waals surface area contributed by atoms with E-state index in [-0.39, 0.29) is 6.61 Å². The molecule has 0 bridgehead atoms. The number of thiophene rings is 1. The van der Waals surface area contributed by atoms with E-state index in [9.17, 15) is 0 Å². The number of pyridine rings is 1. The molecule has 1 N–H and O–H groups in total. The molecule has 0 aliphatic rings. The van der Waals surface area contributed by atoms with Crippen molar-refractivity contribution < 1.29 is 5.11 Å². The van der Waals surface area contributed by atoms with Gasteiger partial charge in [0.15, 0.2) is 0 Å². The van der Waals surface area contributed by atoms with Gasteiger partial charge in [-0.15, -0.1) is 23.1 Å². The van der Waals surface area contributed by atoms with Crippen molar-refractivity contribution in [3.8, 4) is 11.8 Å². The normalized spacial score (nSPS) is 10.0. The Morgan fingerprint density at radius 2 is 2.21 bits per heavy atom. The number of nitrogens with zero attached hydrogens (tertiary/aromatic N) is 1. The van der Waals surface area contributed by atoms with Crippen molar-refractivity contribution in [1.82, 2.24) is 4.98 Å². The van der Waals surface area contributed by atoms with Gasteiger partial charge in [-0.05, 0) is 40.2 Å². The molecule has 2 aromatic heterocycles. The second-order valence-corrected chi connectivity index (χ2v) is 6.72. The molecule has 0 spiro atoms. The minimum atomic E-state index is 0.121. The van der Waals surface area contributed by atoms with Gasteiger partial charge >= 0.3 is 0 Å². The fourth-order valence-electron chi connectivity index (χ4n) is 1.32. The van der Waals surface area contributed by atoms with Crippen molar-refractivity contribution in [2.75, 3.05) is 6.61 Å². The average Bonchev–Trinajstić information content (AvgIpc) is 2.86. The quantitative estimate of drug-likeness (QED) is 0.667. The Kier molecular flexibility index (Phi) is 5.93. The summed E-state index contributed by atoms with van der Waals surface area (Å²) < 4.78 is 0.995. The molecule has 2 nitrogen and oxygen atoms in total. The van der Waals surface area contributed by atoms with Gasteiger partial charge < -0.3 is 5.11 Å². The third-order valence-corrected chi connectivity index (χ3v) is 4.82. The standard InChI is InChI=1S/C14H12BrNOS2/c15-11-4-7-14(16-9-11)18-10-13-6-5-12(19-13)3-1-2-8-17/h4-7,9,17H,2,8,10H2. The Balaban J connectivity index is 1.90. The van der Waals surface area contributed by atoms with E-state index in [4.69, 9.17) is 5.11 Å². The van der Waals surface area contributed by atoms with Crippen molar-refractivity contribution >= 4 is 39.0 Å². The lowest BCUT2D eigenvalue weighted by atomic mass is 10.4. The van der Waals surface area contributed by atoms with E-state index < -0.39 is 0 Å². The first-order valence-corrected chi connectivity index (χ1v) is 8.30. The van der Waals surface area contributed by atoms with Gasteiger partial charge in [0, 0.05) is 27.7 Å². The third-order valence-electron chi connectivity index (χ3n) is 2.17. The molecule has 0 atom stereocenters. The van der Waals surface area contributed by atoms with Crippen LogP contribution in [-0.4, -0.2) is 16.7 Å². The third kappa shape index (κ3) is 5.00. The SMILES string of the molecule is OCCC#Cc1ccc(CSc2ccc(Br)cn2)s1. The van der Waals surface area contributed by atoms with Gasteiger partial charge in [-0.25, -0.2) is 4.98 Å². The molecule has 0 radical (unpaired) electrons. The molecule has 2 aromatic rings. The summed E-state index contributed by atoms with van der Waals surface area (Å²) in [5, 5.41) is 9.68. The maximum Gasteiger partial charge on any atom is 0.0964 e. The summed E-state index contributed by atoms with van der Waals surface area (Å²) in [6, 6.07) is 8.12. The summed E-state index contributed by atoms with van der Waals surface area (Å²) in [6.45, 7) is 0.121. The number of aromatic nitrogens is 1. The summed E-state index contributed by atoms with van der Waals surface area (Å²) in [4.78, 5) is 6.66. The van der Waals surface area contributed by atoms with Gasteiger partial charge in [-0.3, -0.25) is 0 Å². The van der Waals surface area contributed by atoms with Crippen LogP contribution in [0.4, 0.5) is 0 Å². The van der Waals surface area contributed by atoms with Gasteiger partial charge in [-0.1, -0.05) is 11.8 Å². The number of hydrogen-bond acceptors (Lipinski definition) is 4. The smallest absolute Gasteiger partial charge is 0.0964 e. The van der Waals surface area contributed by atoms with Crippen molar-refractivity contribution in [1.29, 1.82) is 0 Å². The van der Waals surface area contributed by atoms with Crippen LogP contribution in [0.25, 0.3) is 0 Å². The highest BCUT2D eigenvalue weighted by Crippen LogP contribution is 2.26. The Labute approximate surface area is 129 Å². The molecular weight excluding hydrogens is 342 g/mol. The molecule has 2 rings (SSSR count). The van der Waals surface area contributed by atoms with Crippen LogP contribution in [0.15, 0.2) is 40.0 Å². The van der Waals surface area contributed by atoms with E-state index in [0.717, 1.165) is 20.1 Å². The minimum Gasteiger partial charge on any atom is -0.395 e. The van der Waals surface area contributed by atoms with Gasteiger partial charge in [0.1, 0.15) is 0 Å². The van der Waals surface area contributed by atoms with Crippen molar-refractivity contribution in [2.24, 2.45) is 0 Å². The van der Waals surface area contributed by atoms with E-state index >= 15 is 0 Å². The average molecular weight is 354 g/mol. The highest BCUT2D eigenvalue weighted by Gasteiger charge is 2.01. The lowest BCUT2D eigenvalue weighted by molar-refractivity contribution is 0.305. The highest BCUT2D eigenvalue weighted by atomic mass is 79.9. The van der Waals surface area contributed by atoms with Gasteiger partial charge in [0.2, 0.25) is 0 Å². The van der Waals surface area contributed by atoms with Crippen LogP contribution in [0.1, 0.15) is 16.2 Å². The molecule has 5 heteroatoms. The molecule has 0 aromatic carbocycles. The van der Waals surface area contributed by atoms with Gasteiger partial charge in [0.25, 0.3) is 0 Å². The zero-order valence-corrected chi connectivity index (χ0v) is 13.3. The molecular formula is C14H12BrNOS2. The predicted octanol–water partition coefficient (Wildman–Crippen LogP) is 3.93. The molecule has 2 heterocycles.